The van der Waals surface area contributed by atoms with Crippen molar-refractivity contribution in [2.24, 2.45) is 0 Å². The summed E-state index contributed by atoms with van der Waals surface area (Å²) >= 11 is 1.69. The minimum atomic E-state index is -0.102. The van der Waals surface area contributed by atoms with Crippen LogP contribution in [-0.4, -0.2) is 24.6 Å². The van der Waals surface area contributed by atoms with Gasteiger partial charge in [-0.1, -0.05) is 84.0 Å². The largest absolute Gasteiger partial charge is 0.468 e. The number of carbonyl (C=O) groups is 1. The van der Waals surface area contributed by atoms with E-state index in [1.54, 1.807) is 11.8 Å². The minimum Gasteiger partial charge on any atom is -0.468 e. The van der Waals surface area contributed by atoms with Crippen LogP contribution in [0, 0.1) is 0 Å². The molecule has 0 saturated carbocycles. The van der Waals surface area contributed by atoms with E-state index in [-0.39, 0.29) is 5.97 Å². The molecule has 0 aromatic carbocycles. The fraction of sp³-hybridized carbons (Fsp3) is 0.944. The predicted octanol–water partition coefficient (Wildman–Crippen LogP) is 5.98. The lowest BCUT2D eigenvalue weighted by Gasteiger charge is -2.03. The molecule has 0 radical (unpaired) electrons. The molecule has 0 aliphatic heterocycles. The number of esters is 1. The quantitative estimate of drug-likeness (QED) is 0.259. The van der Waals surface area contributed by atoms with Crippen LogP contribution >= 0.6 is 11.8 Å². The first-order valence-corrected chi connectivity index (χ1v) is 10.1. The van der Waals surface area contributed by atoms with Crippen LogP contribution in [0.1, 0.15) is 90.4 Å². The van der Waals surface area contributed by atoms with E-state index in [1.807, 2.05) is 0 Å². The highest BCUT2D eigenvalue weighted by atomic mass is 32.2. The van der Waals surface area contributed by atoms with Gasteiger partial charge in [0.2, 0.25) is 0 Å². The van der Waals surface area contributed by atoms with Gasteiger partial charge < -0.3 is 4.74 Å². The summed E-state index contributed by atoms with van der Waals surface area (Å²) in [6, 6.07) is 0. The average Bonchev–Trinajstić information content (AvgIpc) is 2.50. The number of hydrogen-bond acceptors (Lipinski definition) is 3. The Hall–Kier alpha value is -0.180. The highest BCUT2D eigenvalue weighted by molar-refractivity contribution is 7.99. The van der Waals surface area contributed by atoms with E-state index in [1.165, 1.54) is 90.6 Å². The number of thioether (sulfide) groups is 1. The van der Waals surface area contributed by atoms with Crippen LogP contribution in [0.5, 0.6) is 0 Å². The first-order chi connectivity index (χ1) is 10.3. The number of rotatable bonds is 16. The van der Waals surface area contributed by atoms with Gasteiger partial charge >= 0.3 is 5.97 Å². The normalized spacial score (nSPS) is 10.8. The lowest BCUT2D eigenvalue weighted by molar-refractivity contribution is -0.137. The zero-order valence-electron chi connectivity index (χ0n) is 14.3. The summed E-state index contributed by atoms with van der Waals surface area (Å²) in [5.74, 6) is 1.50. The Morgan fingerprint density at radius 1 is 0.762 bits per heavy atom. The molecule has 3 heteroatoms. The van der Waals surface area contributed by atoms with Crippen molar-refractivity contribution in [1.82, 2.24) is 0 Å². The number of ether oxygens (including phenoxy) is 1. The smallest absolute Gasteiger partial charge is 0.315 e. The van der Waals surface area contributed by atoms with Crippen LogP contribution in [0.3, 0.4) is 0 Å². The second-order valence-corrected chi connectivity index (χ2v) is 6.98. The van der Waals surface area contributed by atoms with E-state index in [2.05, 4.69) is 11.7 Å². The summed E-state index contributed by atoms with van der Waals surface area (Å²) in [5.41, 5.74) is 0. The van der Waals surface area contributed by atoms with Crippen LogP contribution in [0.15, 0.2) is 0 Å². The maximum Gasteiger partial charge on any atom is 0.315 e. The Morgan fingerprint density at radius 2 is 1.19 bits per heavy atom. The van der Waals surface area contributed by atoms with Crippen molar-refractivity contribution in [3.05, 3.63) is 0 Å². The average molecular weight is 317 g/mol. The van der Waals surface area contributed by atoms with Gasteiger partial charge in [0.1, 0.15) is 0 Å². The molecule has 0 aromatic heterocycles. The van der Waals surface area contributed by atoms with Crippen molar-refractivity contribution in [3.63, 3.8) is 0 Å². The van der Waals surface area contributed by atoms with E-state index < -0.39 is 0 Å². The summed E-state index contributed by atoms with van der Waals surface area (Å²) in [7, 11) is 1.45. The SMILES string of the molecule is CCCCCCCCCCCCCCCSCC(=O)OC. The Morgan fingerprint density at radius 3 is 1.62 bits per heavy atom. The summed E-state index contributed by atoms with van der Waals surface area (Å²) < 4.78 is 4.61. The molecule has 0 saturated heterocycles. The Kier molecular flexibility index (Phi) is 17.7. The lowest BCUT2D eigenvalue weighted by Crippen LogP contribution is -2.03. The number of hydrogen-bond donors (Lipinski definition) is 0. The lowest BCUT2D eigenvalue weighted by atomic mass is 10.1. The second-order valence-electron chi connectivity index (χ2n) is 5.87. The van der Waals surface area contributed by atoms with Gasteiger partial charge in [0.05, 0.1) is 12.9 Å². The number of methoxy groups -OCH3 is 1. The Balaban J connectivity index is 2.98. The fourth-order valence-corrected chi connectivity index (χ4v) is 3.27. The summed E-state index contributed by atoms with van der Waals surface area (Å²) in [6.45, 7) is 2.28. The van der Waals surface area contributed by atoms with Crippen LogP contribution in [0.4, 0.5) is 0 Å². The van der Waals surface area contributed by atoms with Crippen molar-refractivity contribution in [1.29, 1.82) is 0 Å². The van der Waals surface area contributed by atoms with Crippen LogP contribution in [0.25, 0.3) is 0 Å². The molecule has 0 unspecified atom stereocenters. The van der Waals surface area contributed by atoms with E-state index in [0.29, 0.717) is 5.75 Å². The number of carbonyl (C=O) groups excluding carboxylic acids is 1. The van der Waals surface area contributed by atoms with E-state index in [0.717, 1.165) is 5.75 Å². The molecule has 0 fully saturated rings. The Bertz CT molecular complexity index is 219. The molecular weight excluding hydrogens is 280 g/mol. The first kappa shape index (κ1) is 20.8. The molecule has 0 heterocycles. The summed E-state index contributed by atoms with van der Waals surface area (Å²) in [6.07, 6.45) is 18.1. The second kappa shape index (κ2) is 17.9. The van der Waals surface area contributed by atoms with Crippen molar-refractivity contribution in [2.45, 2.75) is 90.4 Å². The van der Waals surface area contributed by atoms with Crippen molar-refractivity contribution >= 4 is 17.7 Å². The van der Waals surface area contributed by atoms with Crippen molar-refractivity contribution in [3.8, 4) is 0 Å². The molecule has 0 N–H and O–H groups in total. The molecule has 21 heavy (non-hydrogen) atoms. The van der Waals surface area contributed by atoms with Gasteiger partial charge in [-0.15, -0.1) is 0 Å². The highest BCUT2D eigenvalue weighted by Crippen LogP contribution is 2.13. The Labute approximate surface area is 136 Å². The molecule has 0 atom stereocenters. The highest BCUT2D eigenvalue weighted by Gasteiger charge is 1.99. The van der Waals surface area contributed by atoms with Gasteiger partial charge in [-0.05, 0) is 12.2 Å². The fourth-order valence-electron chi connectivity index (χ4n) is 2.44. The molecule has 0 aromatic rings. The van der Waals surface area contributed by atoms with Gasteiger partial charge in [-0.25, -0.2) is 0 Å². The van der Waals surface area contributed by atoms with Gasteiger partial charge in [0, 0.05) is 0 Å². The van der Waals surface area contributed by atoms with Crippen LogP contribution < -0.4 is 0 Å². The predicted molar refractivity (Wildman–Crippen MR) is 95.0 cm³/mol. The number of unbranched alkanes of at least 4 members (excludes halogenated alkanes) is 12. The first-order valence-electron chi connectivity index (χ1n) is 8.95. The molecule has 126 valence electrons. The third-order valence-corrected chi connectivity index (χ3v) is 4.86. The molecule has 0 aliphatic carbocycles. The zero-order valence-corrected chi connectivity index (χ0v) is 15.1. The topological polar surface area (TPSA) is 26.3 Å². The molecule has 0 spiro atoms. The maximum absolute atomic E-state index is 10.9. The van der Waals surface area contributed by atoms with Crippen LogP contribution in [-0.2, 0) is 9.53 Å². The van der Waals surface area contributed by atoms with Crippen molar-refractivity contribution in [2.75, 3.05) is 18.6 Å². The molecule has 2 nitrogen and oxygen atoms in total. The standard InChI is InChI=1S/C18H36O2S/c1-3-4-5-6-7-8-9-10-11-12-13-14-15-16-21-17-18(19)20-2/h3-17H2,1-2H3. The van der Waals surface area contributed by atoms with Gasteiger partial charge in [0.25, 0.3) is 0 Å². The van der Waals surface area contributed by atoms with E-state index in [4.69, 9.17) is 0 Å². The molecule has 0 amide bonds. The third kappa shape index (κ3) is 17.8. The molecule has 0 bridgehead atoms. The monoisotopic (exact) mass is 316 g/mol. The molecule has 0 rings (SSSR count). The van der Waals surface area contributed by atoms with Gasteiger partial charge in [0.15, 0.2) is 0 Å². The molecular formula is C18H36O2S. The summed E-state index contributed by atoms with van der Waals surface area (Å²) in [4.78, 5) is 10.9. The summed E-state index contributed by atoms with van der Waals surface area (Å²) in [5, 5.41) is 0. The minimum absolute atomic E-state index is 0.102. The van der Waals surface area contributed by atoms with E-state index in [9.17, 15) is 4.79 Å². The van der Waals surface area contributed by atoms with E-state index >= 15 is 0 Å². The molecule has 0 aliphatic rings. The van der Waals surface area contributed by atoms with Gasteiger partial charge in [-0.3, -0.25) is 4.79 Å². The third-order valence-electron chi connectivity index (χ3n) is 3.84. The van der Waals surface area contributed by atoms with Gasteiger partial charge in [-0.2, -0.15) is 11.8 Å². The maximum atomic E-state index is 10.9. The van der Waals surface area contributed by atoms with Crippen LogP contribution in [0.2, 0.25) is 0 Å². The zero-order chi connectivity index (χ0) is 15.6. The van der Waals surface area contributed by atoms with Crippen molar-refractivity contribution < 1.29 is 9.53 Å².